The van der Waals surface area contributed by atoms with E-state index in [2.05, 4.69) is 20.7 Å². The van der Waals surface area contributed by atoms with Crippen LogP contribution in [-0.4, -0.2) is 33.6 Å². The first-order valence-electron chi connectivity index (χ1n) is 8.05. The zero-order chi connectivity index (χ0) is 20.0. The van der Waals surface area contributed by atoms with Gasteiger partial charge in [0, 0.05) is 10.2 Å². The molecule has 2 aromatic carbocycles. The summed E-state index contributed by atoms with van der Waals surface area (Å²) >= 11 is 3.27. The molecule has 0 bridgehead atoms. The molecule has 2 rings (SSSR count). The predicted molar refractivity (Wildman–Crippen MR) is 103 cm³/mol. The van der Waals surface area contributed by atoms with E-state index in [0.29, 0.717) is 5.69 Å². The molecule has 1 N–H and O–H groups in total. The quantitative estimate of drug-likeness (QED) is 0.640. The Labute approximate surface area is 165 Å². The monoisotopic (exact) mass is 455 g/mol. The number of ether oxygens (including phenoxy) is 2. The average molecular weight is 456 g/mol. The normalized spacial score (nSPS) is 10.9. The van der Waals surface area contributed by atoms with Crippen LogP contribution in [0.25, 0.3) is 0 Å². The minimum Gasteiger partial charge on any atom is -0.462 e. The highest BCUT2D eigenvalue weighted by atomic mass is 79.9. The number of nitrogens with one attached hydrogen (secondary N) is 1. The van der Waals surface area contributed by atoms with E-state index in [1.54, 1.807) is 38.1 Å². The fourth-order valence-corrected chi connectivity index (χ4v) is 3.82. The molecular weight excluding hydrogens is 438 g/mol. The van der Waals surface area contributed by atoms with Crippen LogP contribution in [0.5, 0.6) is 0 Å². The van der Waals surface area contributed by atoms with Gasteiger partial charge in [0.15, 0.2) is 0 Å². The number of carbonyl (C=O) groups excluding carboxylic acids is 2. The van der Waals surface area contributed by atoms with Gasteiger partial charge in [0.1, 0.15) is 4.90 Å². The molecule has 144 valence electrons. The van der Waals surface area contributed by atoms with Crippen LogP contribution in [0.1, 0.15) is 34.6 Å². The van der Waals surface area contributed by atoms with E-state index in [0.717, 1.165) is 4.47 Å². The van der Waals surface area contributed by atoms with Gasteiger partial charge in [-0.15, -0.1) is 0 Å². The molecule has 0 aliphatic heterocycles. The molecule has 0 aliphatic rings. The van der Waals surface area contributed by atoms with Gasteiger partial charge in [0.25, 0.3) is 10.0 Å². The Morgan fingerprint density at radius 1 is 0.963 bits per heavy atom. The van der Waals surface area contributed by atoms with Crippen molar-refractivity contribution in [1.29, 1.82) is 0 Å². The van der Waals surface area contributed by atoms with Crippen LogP contribution in [0.15, 0.2) is 51.8 Å². The average Bonchev–Trinajstić information content (AvgIpc) is 2.63. The third-order valence-corrected chi connectivity index (χ3v) is 5.34. The lowest BCUT2D eigenvalue weighted by Crippen LogP contribution is -2.21. The molecule has 0 saturated carbocycles. The molecule has 0 unspecified atom stereocenters. The summed E-state index contributed by atoms with van der Waals surface area (Å²) in [5.74, 6) is -1.72. The minimum absolute atomic E-state index is 0.0234. The first-order chi connectivity index (χ1) is 12.8. The fraction of sp³-hybridized carbons (Fsp3) is 0.222. The maximum absolute atomic E-state index is 12.9. The lowest BCUT2D eigenvalue weighted by Gasteiger charge is -2.14. The Hall–Kier alpha value is -2.39. The van der Waals surface area contributed by atoms with E-state index < -0.39 is 22.0 Å². The second-order valence-corrected chi connectivity index (χ2v) is 7.80. The number of anilines is 1. The van der Waals surface area contributed by atoms with Crippen LogP contribution >= 0.6 is 15.9 Å². The van der Waals surface area contributed by atoms with Crippen molar-refractivity contribution in [1.82, 2.24) is 0 Å². The van der Waals surface area contributed by atoms with Crippen LogP contribution in [0.2, 0.25) is 0 Å². The summed E-state index contributed by atoms with van der Waals surface area (Å²) in [6, 6.07) is 10.4. The first kappa shape index (κ1) is 20.9. The van der Waals surface area contributed by atoms with Crippen LogP contribution in [-0.2, 0) is 19.5 Å². The summed E-state index contributed by atoms with van der Waals surface area (Å²) in [6.45, 7) is 3.29. The van der Waals surface area contributed by atoms with Crippen LogP contribution in [0.4, 0.5) is 5.69 Å². The van der Waals surface area contributed by atoms with Crippen LogP contribution < -0.4 is 4.72 Å². The maximum atomic E-state index is 12.9. The summed E-state index contributed by atoms with van der Waals surface area (Å²) in [5.41, 5.74) is -0.231. The molecule has 0 spiro atoms. The van der Waals surface area contributed by atoms with E-state index in [-0.39, 0.29) is 29.2 Å². The van der Waals surface area contributed by atoms with Crippen LogP contribution in [0.3, 0.4) is 0 Å². The molecule has 0 heterocycles. The second kappa shape index (κ2) is 9.01. The summed E-state index contributed by atoms with van der Waals surface area (Å²) < 4.78 is 38.8. The molecule has 0 fully saturated rings. The van der Waals surface area contributed by atoms with Gasteiger partial charge in [0.2, 0.25) is 0 Å². The van der Waals surface area contributed by atoms with Crippen LogP contribution in [0, 0.1) is 0 Å². The van der Waals surface area contributed by atoms with Gasteiger partial charge in [-0.3, -0.25) is 4.72 Å². The number of halogens is 1. The van der Waals surface area contributed by atoms with Gasteiger partial charge < -0.3 is 9.47 Å². The van der Waals surface area contributed by atoms with E-state index >= 15 is 0 Å². The van der Waals surface area contributed by atoms with Crippen molar-refractivity contribution in [3.05, 3.63) is 58.1 Å². The minimum atomic E-state index is -4.17. The topological polar surface area (TPSA) is 98.8 Å². The van der Waals surface area contributed by atoms with Crippen molar-refractivity contribution in [2.45, 2.75) is 18.7 Å². The zero-order valence-corrected chi connectivity index (χ0v) is 17.1. The number of rotatable bonds is 7. The van der Waals surface area contributed by atoms with Crippen molar-refractivity contribution in [3.63, 3.8) is 0 Å². The van der Waals surface area contributed by atoms with Gasteiger partial charge in [-0.1, -0.05) is 22.0 Å². The number of benzene rings is 2. The molecule has 0 aliphatic carbocycles. The molecule has 0 amide bonds. The molecule has 0 aromatic heterocycles. The highest BCUT2D eigenvalue weighted by Crippen LogP contribution is 2.25. The standard InChI is InChI=1S/C18H18BrNO6S/c1-3-25-17(21)14-6-5-7-15(16(14)18(22)26-4-2)27(23,24)20-13-10-8-12(19)9-11-13/h5-11,20H,3-4H2,1-2H3. The van der Waals surface area contributed by atoms with Gasteiger partial charge in [0.05, 0.1) is 24.3 Å². The number of hydrogen-bond acceptors (Lipinski definition) is 6. The fourth-order valence-electron chi connectivity index (χ4n) is 2.28. The van der Waals surface area contributed by atoms with Crippen molar-refractivity contribution in [3.8, 4) is 0 Å². The maximum Gasteiger partial charge on any atom is 0.340 e. The molecular formula is C18H18BrNO6S. The van der Waals surface area contributed by atoms with E-state index in [9.17, 15) is 18.0 Å². The predicted octanol–water partition coefficient (Wildman–Crippen LogP) is 3.60. The number of hydrogen-bond donors (Lipinski definition) is 1. The first-order valence-corrected chi connectivity index (χ1v) is 10.3. The Bertz CT molecular complexity index is 941. The highest BCUT2D eigenvalue weighted by molar-refractivity contribution is 9.10. The molecule has 9 heteroatoms. The Balaban J connectivity index is 2.56. The van der Waals surface area contributed by atoms with Crippen molar-refractivity contribution in [2.24, 2.45) is 0 Å². The van der Waals surface area contributed by atoms with Gasteiger partial charge in [-0.05, 0) is 50.2 Å². The third-order valence-electron chi connectivity index (χ3n) is 3.39. The van der Waals surface area contributed by atoms with E-state index in [4.69, 9.17) is 9.47 Å². The molecule has 2 aromatic rings. The highest BCUT2D eigenvalue weighted by Gasteiger charge is 2.29. The molecule has 0 atom stereocenters. The zero-order valence-electron chi connectivity index (χ0n) is 14.7. The van der Waals surface area contributed by atoms with Crippen molar-refractivity contribution in [2.75, 3.05) is 17.9 Å². The largest absolute Gasteiger partial charge is 0.462 e. The second-order valence-electron chi connectivity index (χ2n) is 5.23. The summed E-state index contributed by atoms with van der Waals surface area (Å²) in [4.78, 5) is 24.2. The smallest absolute Gasteiger partial charge is 0.340 e. The Kier molecular flexibility index (Phi) is 6.98. The number of carbonyl (C=O) groups is 2. The van der Waals surface area contributed by atoms with Gasteiger partial charge in [-0.25, -0.2) is 18.0 Å². The summed E-state index contributed by atoms with van der Waals surface area (Å²) in [5, 5.41) is 0. The lowest BCUT2D eigenvalue weighted by molar-refractivity contribution is 0.0475. The SMILES string of the molecule is CCOC(=O)c1cccc(S(=O)(=O)Nc2ccc(Br)cc2)c1C(=O)OCC. The van der Waals surface area contributed by atoms with E-state index in [1.807, 2.05) is 0 Å². The number of esters is 2. The van der Waals surface area contributed by atoms with Crippen molar-refractivity contribution < 1.29 is 27.5 Å². The van der Waals surface area contributed by atoms with Gasteiger partial charge >= 0.3 is 11.9 Å². The third kappa shape index (κ3) is 5.08. The summed E-state index contributed by atoms with van der Waals surface area (Å²) in [7, 11) is -4.17. The Morgan fingerprint density at radius 2 is 1.56 bits per heavy atom. The van der Waals surface area contributed by atoms with Crippen molar-refractivity contribution >= 4 is 43.6 Å². The molecule has 7 nitrogen and oxygen atoms in total. The Morgan fingerprint density at radius 3 is 2.15 bits per heavy atom. The van der Waals surface area contributed by atoms with E-state index in [1.165, 1.54) is 18.2 Å². The lowest BCUT2D eigenvalue weighted by atomic mass is 10.1. The number of sulfonamides is 1. The summed E-state index contributed by atoms with van der Waals surface area (Å²) in [6.07, 6.45) is 0. The van der Waals surface area contributed by atoms with Gasteiger partial charge in [-0.2, -0.15) is 0 Å². The molecule has 0 radical (unpaired) electrons. The molecule has 0 saturated heterocycles. The molecule has 27 heavy (non-hydrogen) atoms.